The van der Waals surface area contributed by atoms with Crippen molar-refractivity contribution in [1.82, 2.24) is 9.97 Å². The fourth-order valence-electron chi connectivity index (χ4n) is 13.1. The molecule has 1 atom stereocenters. The predicted octanol–water partition coefficient (Wildman–Crippen LogP) is 15.1. The SMILES string of the molecule is CC1(C)c2ccccc2N(c2cccc(-c3cnc4c(c3)C3(c5ccccc5Oc5cc6c(cc53)-c3ccccc3C63c5ccccc5-c5ccccc53)c3cccnc3-4)c2)c2ccccc21. The first kappa shape index (κ1) is 36.9. The maximum absolute atomic E-state index is 7.22. The van der Waals surface area contributed by atoms with Crippen molar-refractivity contribution in [2.24, 2.45) is 0 Å². The molecule has 2 aromatic heterocycles. The van der Waals surface area contributed by atoms with E-state index in [9.17, 15) is 0 Å². The maximum atomic E-state index is 7.22. The van der Waals surface area contributed by atoms with Gasteiger partial charge in [0.1, 0.15) is 11.5 Å². The number of anilines is 3. The van der Waals surface area contributed by atoms with E-state index in [1.54, 1.807) is 0 Å². The van der Waals surface area contributed by atoms with Crippen molar-refractivity contribution in [3.63, 3.8) is 0 Å². The van der Waals surface area contributed by atoms with Crippen molar-refractivity contribution in [2.75, 3.05) is 4.90 Å². The van der Waals surface area contributed by atoms with Gasteiger partial charge in [-0.1, -0.05) is 159 Å². The molecule has 0 radical (unpaired) electrons. The van der Waals surface area contributed by atoms with Gasteiger partial charge in [0.05, 0.1) is 33.6 Å². The van der Waals surface area contributed by atoms with Crippen molar-refractivity contribution in [3.8, 4) is 56.3 Å². The Morgan fingerprint density at radius 2 is 0.925 bits per heavy atom. The summed E-state index contributed by atoms with van der Waals surface area (Å²) < 4.78 is 7.22. The lowest BCUT2D eigenvalue weighted by Gasteiger charge is -2.42. The summed E-state index contributed by atoms with van der Waals surface area (Å²) in [5.74, 6) is 1.69. The molecular weight excluding hydrogens is 815 g/mol. The first-order chi connectivity index (χ1) is 33.0. The number of pyridine rings is 2. The number of rotatable bonds is 2. The lowest BCUT2D eigenvalue weighted by atomic mass is 9.65. The summed E-state index contributed by atoms with van der Waals surface area (Å²) in [4.78, 5) is 13.0. The van der Waals surface area contributed by atoms with E-state index in [0.29, 0.717) is 0 Å². The Kier molecular flexibility index (Phi) is 7.13. The smallest absolute Gasteiger partial charge is 0.132 e. The Hall–Kier alpha value is -8.34. The van der Waals surface area contributed by atoms with E-state index in [1.165, 1.54) is 67.0 Å². The summed E-state index contributed by atoms with van der Waals surface area (Å²) in [6, 6.07) is 73.8. The number of aromatic nitrogens is 2. The number of hydrogen-bond acceptors (Lipinski definition) is 4. The zero-order valence-corrected chi connectivity index (χ0v) is 37.0. The van der Waals surface area contributed by atoms with E-state index in [1.807, 2.05) is 12.4 Å². The first-order valence-electron chi connectivity index (χ1n) is 23.3. The highest BCUT2D eigenvalue weighted by atomic mass is 16.5. The highest BCUT2D eigenvalue weighted by molar-refractivity contribution is 5.97. The molecule has 2 spiro atoms. The van der Waals surface area contributed by atoms with Gasteiger partial charge in [-0.25, -0.2) is 0 Å². The van der Waals surface area contributed by atoms with Crippen molar-refractivity contribution < 1.29 is 4.74 Å². The second kappa shape index (κ2) is 12.9. The standard InChI is InChI=1S/C63H41N3O/c1-61(2)48-25-9-12-29-55(48)66(56-30-13-10-26-49(56)61)40-18-15-17-38(33-40)39-34-54-60(65-37-39)59-51(28-16-32-64-59)63(54)50-27-11-14-31-57(50)67-58-36-52-44(35-53(58)63)43-21-5-8-24-47(43)62(52)45-22-6-3-19-41(45)42-20-4-7-23-46(42)62/h3-37H,1-2H3. The van der Waals surface area contributed by atoms with Crippen LogP contribution >= 0.6 is 0 Å². The van der Waals surface area contributed by atoms with Crippen LogP contribution in [0.1, 0.15) is 69.5 Å². The maximum Gasteiger partial charge on any atom is 0.132 e. The number of benzene rings is 8. The molecular formula is C63H41N3O. The molecule has 5 aliphatic rings. The van der Waals surface area contributed by atoms with Crippen LogP contribution in [0.5, 0.6) is 11.5 Å². The Morgan fingerprint density at radius 1 is 0.373 bits per heavy atom. The van der Waals surface area contributed by atoms with Crippen LogP contribution in [0, 0.1) is 0 Å². The summed E-state index contributed by atoms with van der Waals surface area (Å²) in [7, 11) is 0. The van der Waals surface area contributed by atoms with Gasteiger partial charge >= 0.3 is 0 Å². The van der Waals surface area contributed by atoms with Gasteiger partial charge in [-0.2, -0.15) is 0 Å². The molecule has 4 heterocycles. The molecule has 0 fully saturated rings. The van der Waals surface area contributed by atoms with Crippen molar-refractivity contribution >= 4 is 17.1 Å². The average Bonchev–Trinajstić information content (AvgIpc) is 3.96. The Labute approximate surface area is 389 Å². The molecule has 1 unspecified atom stereocenters. The van der Waals surface area contributed by atoms with Crippen LogP contribution < -0.4 is 9.64 Å². The molecule has 0 saturated carbocycles. The third kappa shape index (κ3) is 4.48. The van der Waals surface area contributed by atoms with E-state index in [4.69, 9.17) is 14.7 Å². The van der Waals surface area contributed by atoms with Gasteiger partial charge in [0, 0.05) is 45.7 Å². The van der Waals surface area contributed by atoms with Gasteiger partial charge in [-0.05, 0) is 121 Å². The molecule has 67 heavy (non-hydrogen) atoms. The minimum atomic E-state index is -0.773. The molecule has 0 amide bonds. The quantitative estimate of drug-likeness (QED) is 0.174. The second-order valence-electron chi connectivity index (χ2n) is 19.2. The van der Waals surface area contributed by atoms with Crippen LogP contribution in [-0.2, 0) is 16.2 Å². The van der Waals surface area contributed by atoms with Crippen LogP contribution in [0.2, 0.25) is 0 Å². The van der Waals surface area contributed by atoms with Crippen LogP contribution in [-0.4, -0.2) is 9.97 Å². The molecule has 2 aliphatic heterocycles. The summed E-state index contributed by atoms with van der Waals surface area (Å²) in [5, 5.41) is 0. The predicted molar refractivity (Wildman–Crippen MR) is 268 cm³/mol. The third-order valence-corrected chi connectivity index (χ3v) is 15.8. The van der Waals surface area contributed by atoms with Gasteiger partial charge in [-0.15, -0.1) is 0 Å². The van der Waals surface area contributed by atoms with Crippen LogP contribution in [0.4, 0.5) is 17.1 Å². The number of nitrogens with zero attached hydrogens (tertiary/aromatic N) is 3. The summed E-state index contributed by atoms with van der Waals surface area (Å²) in [5.41, 5.74) is 23.3. The van der Waals surface area contributed by atoms with Gasteiger partial charge in [0.25, 0.3) is 0 Å². The summed E-state index contributed by atoms with van der Waals surface area (Å²) >= 11 is 0. The van der Waals surface area contributed by atoms with E-state index in [0.717, 1.165) is 62.0 Å². The Balaban J connectivity index is 0.974. The van der Waals surface area contributed by atoms with Crippen LogP contribution in [0.3, 0.4) is 0 Å². The van der Waals surface area contributed by atoms with Gasteiger partial charge in [0.15, 0.2) is 0 Å². The average molecular weight is 856 g/mol. The minimum absolute atomic E-state index is 0.145. The monoisotopic (exact) mass is 855 g/mol. The summed E-state index contributed by atoms with van der Waals surface area (Å²) in [6.07, 6.45) is 3.95. The molecule has 8 aromatic carbocycles. The molecule has 314 valence electrons. The molecule has 0 bridgehead atoms. The number of para-hydroxylation sites is 3. The van der Waals surface area contributed by atoms with Gasteiger partial charge in [-0.3, -0.25) is 9.97 Å². The van der Waals surface area contributed by atoms with E-state index >= 15 is 0 Å². The normalized spacial score (nSPS) is 17.2. The van der Waals surface area contributed by atoms with E-state index in [-0.39, 0.29) is 5.41 Å². The lowest BCUT2D eigenvalue weighted by Crippen LogP contribution is -2.33. The fraction of sp³-hybridized carbons (Fsp3) is 0.0794. The van der Waals surface area contributed by atoms with E-state index in [2.05, 4.69) is 219 Å². The Morgan fingerprint density at radius 3 is 1.61 bits per heavy atom. The van der Waals surface area contributed by atoms with Gasteiger partial charge in [0.2, 0.25) is 0 Å². The second-order valence-corrected chi connectivity index (χ2v) is 19.2. The third-order valence-electron chi connectivity index (χ3n) is 15.8. The Bertz CT molecular complexity index is 3710. The largest absolute Gasteiger partial charge is 0.457 e. The van der Waals surface area contributed by atoms with Crippen LogP contribution in [0.25, 0.3) is 44.8 Å². The first-order valence-corrected chi connectivity index (χ1v) is 23.3. The zero-order chi connectivity index (χ0) is 44.2. The molecule has 0 saturated heterocycles. The molecule has 4 nitrogen and oxygen atoms in total. The van der Waals surface area contributed by atoms with Crippen LogP contribution in [0.15, 0.2) is 213 Å². The molecule has 3 aliphatic carbocycles. The van der Waals surface area contributed by atoms with E-state index < -0.39 is 10.8 Å². The summed E-state index contributed by atoms with van der Waals surface area (Å²) in [6.45, 7) is 4.67. The number of ether oxygens (including phenoxy) is 1. The molecule has 4 heteroatoms. The van der Waals surface area contributed by atoms with Crippen molar-refractivity contribution in [2.45, 2.75) is 30.1 Å². The fourth-order valence-corrected chi connectivity index (χ4v) is 13.1. The topological polar surface area (TPSA) is 38.2 Å². The highest BCUT2D eigenvalue weighted by Gasteiger charge is 2.56. The van der Waals surface area contributed by atoms with Gasteiger partial charge < -0.3 is 9.64 Å². The van der Waals surface area contributed by atoms with Crippen molar-refractivity contribution in [3.05, 3.63) is 268 Å². The minimum Gasteiger partial charge on any atom is -0.457 e. The zero-order valence-electron chi connectivity index (χ0n) is 37.0. The lowest BCUT2D eigenvalue weighted by molar-refractivity contribution is 0.435. The highest BCUT2D eigenvalue weighted by Crippen LogP contribution is 2.67. The number of fused-ring (bicyclic) bond motifs is 21. The van der Waals surface area contributed by atoms with Crippen molar-refractivity contribution in [1.29, 1.82) is 0 Å². The molecule has 0 N–H and O–H groups in total. The number of hydrogen-bond donors (Lipinski definition) is 0. The molecule has 10 aromatic rings. The molecule has 15 rings (SSSR count).